The minimum absolute atomic E-state index is 0.0790. The molecule has 0 unspecified atom stereocenters. The average Bonchev–Trinajstić information content (AvgIpc) is 2.66. The Balaban J connectivity index is 1.79. The Bertz CT molecular complexity index is 706. The summed E-state index contributed by atoms with van der Waals surface area (Å²) in [6, 6.07) is 14.0. The van der Waals surface area contributed by atoms with Crippen molar-refractivity contribution in [3.8, 4) is 5.75 Å². The lowest BCUT2D eigenvalue weighted by Gasteiger charge is -2.18. The molecule has 0 radical (unpaired) electrons. The molecular formula is C22H29NO3. The van der Waals surface area contributed by atoms with Crippen LogP contribution in [0.15, 0.2) is 42.5 Å². The first-order valence-electron chi connectivity index (χ1n) is 9.18. The van der Waals surface area contributed by atoms with Crippen LogP contribution in [0.3, 0.4) is 0 Å². The van der Waals surface area contributed by atoms with Crippen LogP contribution < -0.4 is 4.74 Å². The maximum atomic E-state index is 11.9. The van der Waals surface area contributed by atoms with Crippen molar-refractivity contribution in [2.75, 3.05) is 19.7 Å². The number of hydrogen-bond donors (Lipinski definition) is 0. The third-order valence-corrected chi connectivity index (χ3v) is 4.62. The quantitative estimate of drug-likeness (QED) is 0.630. The third kappa shape index (κ3) is 5.88. The first-order valence-corrected chi connectivity index (χ1v) is 9.18. The molecule has 0 saturated heterocycles. The fourth-order valence-corrected chi connectivity index (χ4v) is 2.67. The molecule has 0 fully saturated rings. The molecule has 0 aliphatic carbocycles. The summed E-state index contributed by atoms with van der Waals surface area (Å²) in [5.74, 6) is 0.362. The Morgan fingerprint density at radius 3 is 2.27 bits per heavy atom. The molecule has 0 N–H and O–H groups in total. The number of esters is 1. The van der Waals surface area contributed by atoms with E-state index in [1.165, 1.54) is 5.56 Å². The van der Waals surface area contributed by atoms with Crippen LogP contribution >= 0.6 is 0 Å². The van der Waals surface area contributed by atoms with Crippen LogP contribution in [0.25, 0.3) is 0 Å². The minimum atomic E-state index is -0.363. The number of aryl methyl sites for hydroxylation is 1. The Morgan fingerprint density at radius 1 is 0.962 bits per heavy atom. The third-order valence-electron chi connectivity index (χ3n) is 4.62. The standard InChI is InChI=1S/C22H29NO3/c1-5-23(6-2)14-19-10-12-20(13-11-19)15-26-22(24)16-25-21-9-7-8-17(3)18(21)4/h7-13H,5-6,14-16H2,1-4H3. The Hall–Kier alpha value is -2.33. The normalized spacial score (nSPS) is 10.8. The van der Waals surface area contributed by atoms with Crippen molar-refractivity contribution in [1.29, 1.82) is 0 Å². The van der Waals surface area contributed by atoms with Gasteiger partial charge in [0.2, 0.25) is 0 Å². The van der Waals surface area contributed by atoms with Gasteiger partial charge in [0.25, 0.3) is 0 Å². The zero-order valence-electron chi connectivity index (χ0n) is 16.2. The van der Waals surface area contributed by atoms with E-state index in [1.807, 2.05) is 44.2 Å². The summed E-state index contributed by atoms with van der Waals surface area (Å²) >= 11 is 0. The molecular weight excluding hydrogens is 326 g/mol. The van der Waals surface area contributed by atoms with Crippen molar-refractivity contribution in [1.82, 2.24) is 4.90 Å². The summed E-state index contributed by atoms with van der Waals surface area (Å²) in [5.41, 5.74) is 4.43. The minimum Gasteiger partial charge on any atom is -0.482 e. The second-order valence-electron chi connectivity index (χ2n) is 6.43. The van der Waals surface area contributed by atoms with Crippen LogP contribution in [0.5, 0.6) is 5.75 Å². The molecule has 2 rings (SSSR count). The van der Waals surface area contributed by atoms with Crippen LogP contribution in [0, 0.1) is 13.8 Å². The average molecular weight is 355 g/mol. The Kier molecular flexibility index (Phi) is 7.67. The van der Waals surface area contributed by atoms with Gasteiger partial charge >= 0.3 is 5.97 Å². The van der Waals surface area contributed by atoms with Gasteiger partial charge in [0.15, 0.2) is 6.61 Å². The number of rotatable bonds is 9. The molecule has 0 atom stereocenters. The molecule has 0 heterocycles. The van der Waals surface area contributed by atoms with Crippen LogP contribution in [0.4, 0.5) is 0 Å². The number of ether oxygens (including phenoxy) is 2. The van der Waals surface area contributed by atoms with Crippen molar-refractivity contribution in [3.63, 3.8) is 0 Å². The SMILES string of the molecule is CCN(CC)Cc1ccc(COC(=O)COc2cccc(C)c2C)cc1. The van der Waals surface area contributed by atoms with E-state index in [0.717, 1.165) is 42.1 Å². The van der Waals surface area contributed by atoms with Gasteiger partial charge < -0.3 is 9.47 Å². The summed E-state index contributed by atoms with van der Waals surface area (Å²) in [6.45, 7) is 11.5. The second kappa shape index (κ2) is 9.97. The van der Waals surface area contributed by atoms with Gasteiger partial charge in [-0.15, -0.1) is 0 Å². The number of carbonyl (C=O) groups excluding carboxylic acids is 1. The molecule has 0 aromatic heterocycles. The number of nitrogens with zero attached hydrogens (tertiary/aromatic N) is 1. The highest BCUT2D eigenvalue weighted by atomic mass is 16.6. The zero-order valence-corrected chi connectivity index (χ0v) is 16.2. The van der Waals surface area contributed by atoms with Crippen molar-refractivity contribution in [2.24, 2.45) is 0 Å². The predicted octanol–water partition coefficient (Wildman–Crippen LogP) is 4.27. The van der Waals surface area contributed by atoms with Gasteiger partial charge in [-0.05, 0) is 55.3 Å². The van der Waals surface area contributed by atoms with E-state index in [0.29, 0.717) is 0 Å². The van der Waals surface area contributed by atoms with Gasteiger partial charge in [-0.1, -0.05) is 50.2 Å². The van der Waals surface area contributed by atoms with Crippen molar-refractivity contribution < 1.29 is 14.3 Å². The first kappa shape index (κ1) is 20.0. The van der Waals surface area contributed by atoms with E-state index in [1.54, 1.807) is 0 Å². The van der Waals surface area contributed by atoms with Gasteiger partial charge in [0.05, 0.1) is 0 Å². The summed E-state index contributed by atoms with van der Waals surface area (Å²) in [4.78, 5) is 14.3. The number of benzene rings is 2. The van der Waals surface area contributed by atoms with Gasteiger partial charge in [-0.2, -0.15) is 0 Å². The zero-order chi connectivity index (χ0) is 18.9. The molecule has 4 nitrogen and oxygen atoms in total. The monoisotopic (exact) mass is 355 g/mol. The molecule has 0 bridgehead atoms. The van der Waals surface area contributed by atoms with E-state index in [9.17, 15) is 4.79 Å². The lowest BCUT2D eigenvalue weighted by molar-refractivity contribution is -0.147. The largest absolute Gasteiger partial charge is 0.482 e. The molecule has 140 valence electrons. The van der Waals surface area contributed by atoms with Gasteiger partial charge in [-0.3, -0.25) is 4.90 Å². The maximum Gasteiger partial charge on any atom is 0.344 e. The second-order valence-corrected chi connectivity index (χ2v) is 6.43. The van der Waals surface area contributed by atoms with Crippen LogP contribution in [0.1, 0.15) is 36.1 Å². The Morgan fingerprint density at radius 2 is 1.62 bits per heavy atom. The summed E-state index contributed by atoms with van der Waals surface area (Å²) < 4.78 is 10.9. The first-order chi connectivity index (χ1) is 12.5. The molecule has 0 spiro atoms. The van der Waals surface area contributed by atoms with E-state index >= 15 is 0 Å². The lowest BCUT2D eigenvalue weighted by Crippen LogP contribution is -2.22. The van der Waals surface area contributed by atoms with Crippen molar-refractivity contribution >= 4 is 5.97 Å². The fraction of sp³-hybridized carbons (Fsp3) is 0.409. The van der Waals surface area contributed by atoms with Gasteiger partial charge in [-0.25, -0.2) is 4.79 Å². The van der Waals surface area contributed by atoms with Crippen LogP contribution in [-0.2, 0) is 22.7 Å². The highest BCUT2D eigenvalue weighted by molar-refractivity contribution is 5.71. The van der Waals surface area contributed by atoms with Crippen LogP contribution in [-0.4, -0.2) is 30.6 Å². The maximum absolute atomic E-state index is 11.9. The van der Waals surface area contributed by atoms with E-state index in [-0.39, 0.29) is 19.2 Å². The Labute approximate surface area is 156 Å². The predicted molar refractivity (Wildman–Crippen MR) is 104 cm³/mol. The fourth-order valence-electron chi connectivity index (χ4n) is 2.67. The van der Waals surface area contributed by atoms with Gasteiger partial charge in [0, 0.05) is 6.54 Å². The molecule has 0 saturated carbocycles. The van der Waals surface area contributed by atoms with Gasteiger partial charge in [0.1, 0.15) is 12.4 Å². The number of hydrogen-bond acceptors (Lipinski definition) is 4. The molecule has 4 heteroatoms. The lowest BCUT2D eigenvalue weighted by atomic mass is 10.1. The summed E-state index contributed by atoms with van der Waals surface area (Å²) in [5, 5.41) is 0. The highest BCUT2D eigenvalue weighted by Crippen LogP contribution is 2.20. The molecule has 0 aliphatic rings. The van der Waals surface area contributed by atoms with E-state index in [2.05, 4.69) is 30.9 Å². The summed E-state index contributed by atoms with van der Waals surface area (Å²) in [6.07, 6.45) is 0. The molecule has 0 amide bonds. The number of carbonyl (C=O) groups is 1. The smallest absolute Gasteiger partial charge is 0.344 e. The van der Waals surface area contributed by atoms with Crippen molar-refractivity contribution in [2.45, 2.75) is 40.8 Å². The molecule has 2 aromatic carbocycles. The molecule has 0 aliphatic heterocycles. The topological polar surface area (TPSA) is 38.8 Å². The molecule has 26 heavy (non-hydrogen) atoms. The molecule has 2 aromatic rings. The highest BCUT2D eigenvalue weighted by Gasteiger charge is 2.08. The van der Waals surface area contributed by atoms with Crippen molar-refractivity contribution in [3.05, 3.63) is 64.7 Å². The summed E-state index contributed by atoms with van der Waals surface area (Å²) in [7, 11) is 0. The van der Waals surface area contributed by atoms with E-state index < -0.39 is 0 Å². The van der Waals surface area contributed by atoms with E-state index in [4.69, 9.17) is 9.47 Å². The van der Waals surface area contributed by atoms with Crippen LogP contribution in [0.2, 0.25) is 0 Å².